The molecule has 1 aromatic heterocycles. The topological polar surface area (TPSA) is 105 Å². The fraction of sp³-hybridized carbons (Fsp3) is 0.231. The number of anilines is 1. The number of thiazole rings is 1. The first kappa shape index (κ1) is 14.9. The number of nitrogens with one attached hydrogen (secondary N) is 1. The van der Waals surface area contributed by atoms with Gasteiger partial charge in [0, 0.05) is 22.8 Å². The van der Waals surface area contributed by atoms with Crippen LogP contribution in [-0.2, 0) is 0 Å². The molecule has 0 aliphatic heterocycles. The fourth-order valence-corrected chi connectivity index (χ4v) is 2.64. The Bertz CT molecular complexity index is 698. The van der Waals surface area contributed by atoms with Crippen molar-refractivity contribution in [1.82, 2.24) is 4.98 Å². The van der Waals surface area contributed by atoms with E-state index in [-0.39, 0.29) is 11.6 Å². The van der Waals surface area contributed by atoms with Crippen molar-refractivity contribution in [2.75, 3.05) is 5.32 Å². The summed E-state index contributed by atoms with van der Waals surface area (Å²) in [6.07, 6.45) is 0. The largest absolute Gasteiger partial charge is 0.477 e. The van der Waals surface area contributed by atoms with Crippen LogP contribution < -0.4 is 5.32 Å². The highest BCUT2D eigenvalue weighted by molar-refractivity contribution is 7.09. The molecule has 8 heteroatoms. The van der Waals surface area contributed by atoms with E-state index in [1.807, 2.05) is 19.2 Å². The van der Waals surface area contributed by atoms with Crippen molar-refractivity contribution >= 4 is 28.7 Å². The molecule has 0 bridgehead atoms. The van der Waals surface area contributed by atoms with Gasteiger partial charge >= 0.3 is 5.97 Å². The van der Waals surface area contributed by atoms with E-state index in [2.05, 4.69) is 10.3 Å². The van der Waals surface area contributed by atoms with Crippen LogP contribution in [0.1, 0.15) is 34.0 Å². The summed E-state index contributed by atoms with van der Waals surface area (Å²) in [4.78, 5) is 25.5. The monoisotopic (exact) mass is 307 g/mol. The number of aromatic carboxylic acids is 1. The van der Waals surface area contributed by atoms with Gasteiger partial charge in [-0.05, 0) is 26.0 Å². The second-order valence-electron chi connectivity index (χ2n) is 4.49. The van der Waals surface area contributed by atoms with E-state index in [4.69, 9.17) is 5.11 Å². The molecule has 0 fully saturated rings. The smallest absolute Gasteiger partial charge is 0.342 e. The van der Waals surface area contributed by atoms with E-state index >= 15 is 0 Å². The number of nitro benzene ring substituents is 1. The number of nitrogens with zero attached hydrogens (tertiary/aromatic N) is 2. The summed E-state index contributed by atoms with van der Waals surface area (Å²) in [5.74, 6) is -1.32. The zero-order valence-electron chi connectivity index (χ0n) is 11.4. The third kappa shape index (κ3) is 3.34. The van der Waals surface area contributed by atoms with Crippen LogP contribution in [0.25, 0.3) is 0 Å². The summed E-state index contributed by atoms with van der Waals surface area (Å²) >= 11 is 1.49. The number of carboxylic acid groups (broad SMARTS) is 1. The van der Waals surface area contributed by atoms with Gasteiger partial charge in [-0.15, -0.1) is 11.3 Å². The average molecular weight is 307 g/mol. The van der Waals surface area contributed by atoms with Crippen molar-refractivity contribution in [1.29, 1.82) is 0 Å². The lowest BCUT2D eigenvalue weighted by atomic mass is 10.1. The summed E-state index contributed by atoms with van der Waals surface area (Å²) in [7, 11) is 0. The predicted octanol–water partition coefficient (Wildman–Crippen LogP) is 3.23. The number of aryl methyl sites for hydroxylation is 1. The summed E-state index contributed by atoms with van der Waals surface area (Å²) in [5, 5.41) is 25.7. The maximum Gasteiger partial charge on any atom is 0.342 e. The minimum Gasteiger partial charge on any atom is -0.477 e. The highest BCUT2D eigenvalue weighted by Crippen LogP contribution is 2.27. The summed E-state index contributed by atoms with van der Waals surface area (Å²) in [6.45, 7) is 3.77. The van der Waals surface area contributed by atoms with Crippen molar-refractivity contribution in [3.8, 4) is 0 Å². The Balaban J connectivity index is 2.27. The van der Waals surface area contributed by atoms with Crippen LogP contribution in [0, 0.1) is 17.0 Å². The summed E-state index contributed by atoms with van der Waals surface area (Å²) in [6, 6.07) is 3.83. The van der Waals surface area contributed by atoms with Gasteiger partial charge in [-0.25, -0.2) is 9.78 Å². The molecule has 0 radical (unpaired) electrons. The first-order valence-corrected chi connectivity index (χ1v) is 6.96. The molecule has 0 saturated carbocycles. The normalized spacial score (nSPS) is 11.9. The molecule has 1 atom stereocenters. The summed E-state index contributed by atoms with van der Waals surface area (Å²) < 4.78 is 0. The van der Waals surface area contributed by atoms with Crippen LogP contribution >= 0.6 is 11.3 Å². The molecule has 1 unspecified atom stereocenters. The average Bonchev–Trinajstić information content (AvgIpc) is 2.85. The molecule has 0 aliphatic carbocycles. The van der Waals surface area contributed by atoms with Gasteiger partial charge in [-0.1, -0.05) is 0 Å². The van der Waals surface area contributed by atoms with E-state index in [1.54, 1.807) is 0 Å². The van der Waals surface area contributed by atoms with Gasteiger partial charge in [-0.3, -0.25) is 10.1 Å². The van der Waals surface area contributed by atoms with Crippen LogP contribution in [0.4, 0.5) is 11.4 Å². The van der Waals surface area contributed by atoms with Crippen LogP contribution in [0.5, 0.6) is 0 Å². The number of aromatic nitrogens is 1. The molecule has 2 rings (SSSR count). The second-order valence-corrected chi connectivity index (χ2v) is 5.38. The Morgan fingerprint density at radius 3 is 2.76 bits per heavy atom. The molecule has 0 amide bonds. The number of benzene rings is 1. The zero-order valence-corrected chi connectivity index (χ0v) is 12.2. The fourth-order valence-electron chi connectivity index (χ4n) is 1.84. The van der Waals surface area contributed by atoms with E-state index in [9.17, 15) is 14.9 Å². The molecule has 2 aromatic rings. The lowest BCUT2D eigenvalue weighted by molar-refractivity contribution is -0.385. The Morgan fingerprint density at radius 2 is 2.24 bits per heavy atom. The number of hydrogen-bond donors (Lipinski definition) is 2. The zero-order chi connectivity index (χ0) is 15.6. The number of carboxylic acids is 1. The molecular weight excluding hydrogens is 294 g/mol. The van der Waals surface area contributed by atoms with Crippen LogP contribution in [-0.4, -0.2) is 21.0 Å². The maximum absolute atomic E-state index is 11.0. The number of nitro groups is 1. The minimum atomic E-state index is -1.32. The Kier molecular flexibility index (Phi) is 4.18. The molecule has 2 N–H and O–H groups in total. The second kappa shape index (κ2) is 5.88. The summed E-state index contributed by atoms with van der Waals surface area (Å²) in [5.41, 5.74) is 0.626. The van der Waals surface area contributed by atoms with E-state index in [1.165, 1.54) is 29.5 Å². The molecule has 1 heterocycles. The van der Waals surface area contributed by atoms with Crippen molar-refractivity contribution in [2.45, 2.75) is 19.9 Å². The number of hydrogen-bond acceptors (Lipinski definition) is 6. The maximum atomic E-state index is 11.0. The quantitative estimate of drug-likeness (QED) is 0.649. The van der Waals surface area contributed by atoms with Crippen LogP contribution in [0.15, 0.2) is 23.6 Å². The van der Waals surface area contributed by atoms with E-state index in [0.717, 1.165) is 10.7 Å². The number of carbonyl (C=O) groups is 1. The van der Waals surface area contributed by atoms with Crippen LogP contribution in [0.2, 0.25) is 0 Å². The molecule has 1 aromatic carbocycles. The molecule has 110 valence electrons. The third-order valence-electron chi connectivity index (χ3n) is 2.82. The molecule has 0 aliphatic rings. The molecule has 21 heavy (non-hydrogen) atoms. The lowest BCUT2D eigenvalue weighted by Crippen LogP contribution is -2.08. The SMILES string of the molecule is Cc1csc(C(C)Nc2ccc(C(=O)O)c([N+](=O)[O-])c2)n1. The first-order valence-electron chi connectivity index (χ1n) is 6.08. The molecule has 7 nitrogen and oxygen atoms in total. The van der Waals surface area contributed by atoms with Gasteiger partial charge in [-0.2, -0.15) is 0 Å². The van der Waals surface area contributed by atoms with Gasteiger partial charge in [0.25, 0.3) is 5.69 Å². The third-order valence-corrected chi connectivity index (χ3v) is 3.96. The number of rotatable bonds is 5. The van der Waals surface area contributed by atoms with Gasteiger partial charge in [0.2, 0.25) is 0 Å². The highest BCUT2D eigenvalue weighted by Gasteiger charge is 2.20. The Hall–Kier alpha value is -2.48. The van der Waals surface area contributed by atoms with E-state index < -0.39 is 16.6 Å². The minimum absolute atomic E-state index is 0.126. The van der Waals surface area contributed by atoms with Crippen molar-refractivity contribution in [3.63, 3.8) is 0 Å². The first-order chi connectivity index (χ1) is 9.88. The lowest BCUT2D eigenvalue weighted by Gasteiger charge is -2.13. The standard InChI is InChI=1S/C13H13N3O4S/c1-7-6-21-12(14-7)8(2)15-9-3-4-10(13(17)18)11(5-9)16(19)20/h3-6,8,15H,1-2H3,(H,17,18). The van der Waals surface area contributed by atoms with Crippen molar-refractivity contribution in [3.05, 3.63) is 50.0 Å². The Labute approximate surface area is 124 Å². The van der Waals surface area contributed by atoms with E-state index in [0.29, 0.717) is 5.69 Å². The Morgan fingerprint density at radius 1 is 1.52 bits per heavy atom. The van der Waals surface area contributed by atoms with Gasteiger partial charge in [0.1, 0.15) is 10.6 Å². The van der Waals surface area contributed by atoms with Crippen molar-refractivity contribution < 1.29 is 14.8 Å². The van der Waals surface area contributed by atoms with Crippen LogP contribution in [0.3, 0.4) is 0 Å². The molecule has 0 spiro atoms. The predicted molar refractivity (Wildman–Crippen MR) is 78.9 cm³/mol. The van der Waals surface area contributed by atoms with Gasteiger partial charge < -0.3 is 10.4 Å². The van der Waals surface area contributed by atoms with Crippen molar-refractivity contribution in [2.24, 2.45) is 0 Å². The van der Waals surface area contributed by atoms with Gasteiger partial charge in [0.15, 0.2) is 0 Å². The molecule has 0 saturated heterocycles. The highest BCUT2D eigenvalue weighted by atomic mass is 32.1. The van der Waals surface area contributed by atoms with Gasteiger partial charge in [0.05, 0.1) is 11.0 Å². The molecular formula is C13H13N3O4S.